The minimum Gasteiger partial charge on any atom is -0.494 e. The molecule has 43 heavy (non-hydrogen) atoms. The SMILES string of the molecule is CCOc1ccc([C@@H]2C(C(=O)Nc3ccccc3)=C(C)N=c3s/c(=C\c4cc(I)c(OCC#N)c(OC)c4)c(=O)n32)cc1. The third kappa shape index (κ3) is 6.35. The fraction of sp³-hybridized carbons (Fsp3) is 0.188. The predicted molar refractivity (Wildman–Crippen MR) is 173 cm³/mol. The monoisotopic (exact) mass is 706 g/mol. The molecule has 0 fully saturated rings. The maximum Gasteiger partial charge on any atom is 0.271 e. The first kappa shape index (κ1) is 30.1. The van der Waals surface area contributed by atoms with Crippen molar-refractivity contribution in [2.24, 2.45) is 4.99 Å². The minimum absolute atomic E-state index is 0.116. The first-order chi connectivity index (χ1) is 20.8. The van der Waals surface area contributed by atoms with Gasteiger partial charge in [0.05, 0.1) is 39.1 Å². The van der Waals surface area contributed by atoms with Gasteiger partial charge in [0.2, 0.25) is 0 Å². The largest absolute Gasteiger partial charge is 0.494 e. The molecule has 0 spiro atoms. The van der Waals surface area contributed by atoms with Gasteiger partial charge in [-0.2, -0.15) is 5.26 Å². The Labute approximate surface area is 265 Å². The smallest absolute Gasteiger partial charge is 0.271 e. The third-order valence-corrected chi connectivity index (χ3v) is 8.42. The van der Waals surface area contributed by atoms with Crippen LogP contribution in [0.2, 0.25) is 0 Å². The molecule has 1 aliphatic rings. The molecule has 2 heterocycles. The third-order valence-electron chi connectivity index (χ3n) is 6.64. The second-order valence-corrected chi connectivity index (χ2v) is 11.6. The second kappa shape index (κ2) is 13.3. The number of fused-ring (bicyclic) bond motifs is 1. The van der Waals surface area contributed by atoms with Crippen LogP contribution < -0.4 is 34.4 Å². The number of nitrogens with zero attached hydrogens (tertiary/aromatic N) is 3. The summed E-state index contributed by atoms with van der Waals surface area (Å²) in [5.74, 6) is 1.26. The van der Waals surface area contributed by atoms with E-state index >= 15 is 0 Å². The molecule has 4 aromatic rings. The molecule has 9 nitrogen and oxygen atoms in total. The Morgan fingerprint density at radius 2 is 1.91 bits per heavy atom. The van der Waals surface area contributed by atoms with E-state index < -0.39 is 6.04 Å². The lowest BCUT2D eigenvalue weighted by Gasteiger charge is -2.25. The van der Waals surface area contributed by atoms with Crippen LogP contribution in [0.5, 0.6) is 17.2 Å². The van der Waals surface area contributed by atoms with Crippen molar-refractivity contribution in [2.75, 3.05) is 25.6 Å². The molecule has 0 unspecified atom stereocenters. The lowest BCUT2D eigenvalue weighted by molar-refractivity contribution is -0.113. The van der Waals surface area contributed by atoms with Crippen LogP contribution in [0.3, 0.4) is 0 Å². The normalized spacial score (nSPS) is 14.4. The molecule has 1 N–H and O–H groups in total. The molecule has 1 atom stereocenters. The van der Waals surface area contributed by atoms with E-state index in [0.717, 1.165) is 9.13 Å². The number of halogens is 1. The van der Waals surface area contributed by atoms with Crippen molar-refractivity contribution in [1.82, 2.24) is 4.57 Å². The highest BCUT2D eigenvalue weighted by Crippen LogP contribution is 2.35. The molecule has 1 amide bonds. The van der Waals surface area contributed by atoms with Gasteiger partial charge in [0.25, 0.3) is 11.5 Å². The Kier molecular flexibility index (Phi) is 9.27. The average Bonchev–Trinajstić information content (AvgIpc) is 3.30. The summed E-state index contributed by atoms with van der Waals surface area (Å²) >= 11 is 3.35. The fourth-order valence-corrected chi connectivity index (χ4v) is 6.61. The van der Waals surface area contributed by atoms with Gasteiger partial charge in [-0.25, -0.2) is 4.99 Å². The van der Waals surface area contributed by atoms with Gasteiger partial charge < -0.3 is 19.5 Å². The molecule has 11 heteroatoms. The second-order valence-electron chi connectivity index (χ2n) is 9.38. The van der Waals surface area contributed by atoms with Crippen molar-refractivity contribution in [3.63, 3.8) is 0 Å². The van der Waals surface area contributed by atoms with Crippen molar-refractivity contribution in [2.45, 2.75) is 19.9 Å². The summed E-state index contributed by atoms with van der Waals surface area (Å²) < 4.78 is 19.4. The molecule has 0 radical (unpaired) electrons. The van der Waals surface area contributed by atoms with Gasteiger partial charge in [0, 0.05) is 5.69 Å². The zero-order valence-corrected chi connectivity index (χ0v) is 26.6. The number of para-hydroxylation sites is 1. The van der Waals surface area contributed by atoms with Gasteiger partial charge in [0.1, 0.15) is 11.8 Å². The number of aromatic nitrogens is 1. The number of carbonyl (C=O) groups excluding carboxylic acids is 1. The highest BCUT2D eigenvalue weighted by Gasteiger charge is 2.32. The van der Waals surface area contributed by atoms with Gasteiger partial charge in [-0.15, -0.1) is 0 Å². The van der Waals surface area contributed by atoms with Crippen molar-refractivity contribution in [1.29, 1.82) is 5.26 Å². The lowest BCUT2D eigenvalue weighted by atomic mass is 9.95. The van der Waals surface area contributed by atoms with E-state index in [1.54, 1.807) is 35.8 Å². The quantitative estimate of drug-likeness (QED) is 0.251. The zero-order valence-electron chi connectivity index (χ0n) is 23.6. The molecule has 5 rings (SSSR count). The van der Waals surface area contributed by atoms with Crippen molar-refractivity contribution in [3.05, 3.63) is 112 Å². The number of ether oxygens (including phenoxy) is 3. The maximum atomic E-state index is 14.1. The van der Waals surface area contributed by atoms with Crippen LogP contribution in [0.1, 0.15) is 31.0 Å². The van der Waals surface area contributed by atoms with E-state index in [2.05, 4.69) is 27.9 Å². The number of allylic oxidation sites excluding steroid dienone is 1. The molecule has 218 valence electrons. The zero-order chi connectivity index (χ0) is 30.5. The number of amides is 1. The molecule has 1 aromatic heterocycles. The van der Waals surface area contributed by atoms with Gasteiger partial charge in [-0.05, 0) is 90.0 Å². The van der Waals surface area contributed by atoms with Crippen molar-refractivity contribution < 1.29 is 19.0 Å². The van der Waals surface area contributed by atoms with E-state index in [4.69, 9.17) is 24.5 Å². The topological polar surface area (TPSA) is 115 Å². The summed E-state index contributed by atoms with van der Waals surface area (Å²) in [6, 6.07) is 21.4. The molecule has 3 aromatic carbocycles. The molecule has 0 aliphatic carbocycles. The van der Waals surface area contributed by atoms with E-state index in [0.29, 0.717) is 55.7 Å². The van der Waals surface area contributed by atoms with E-state index in [-0.39, 0.29) is 18.1 Å². The standard InChI is InChI=1S/C32H27IN4O5S/c1-4-41-23-12-10-21(11-13-23)28-27(30(38)36-22-8-6-5-7-9-22)19(2)35-32-37(28)31(39)26(43-32)18-20-16-24(33)29(42-15-14-34)25(17-20)40-3/h5-13,16-18,28H,4,15H2,1-3H3,(H,36,38)/b26-18-/t28-/m1/s1. The number of hydrogen-bond acceptors (Lipinski definition) is 8. The number of benzene rings is 3. The minimum atomic E-state index is -0.714. The molecule has 1 aliphatic heterocycles. The summed E-state index contributed by atoms with van der Waals surface area (Å²) in [4.78, 5) is 33.0. The Balaban J connectivity index is 1.64. The van der Waals surface area contributed by atoms with Crippen LogP contribution in [0.4, 0.5) is 5.69 Å². The number of anilines is 1. The number of nitrogens with one attached hydrogen (secondary N) is 1. The van der Waals surface area contributed by atoms with Gasteiger partial charge in [-0.3, -0.25) is 14.2 Å². The average molecular weight is 707 g/mol. The van der Waals surface area contributed by atoms with Crippen molar-refractivity contribution >= 4 is 51.6 Å². The lowest BCUT2D eigenvalue weighted by Crippen LogP contribution is -2.40. The maximum absolute atomic E-state index is 14.1. The first-order valence-electron chi connectivity index (χ1n) is 13.3. The summed E-state index contributed by atoms with van der Waals surface area (Å²) in [6.45, 7) is 4.10. The Hall–Kier alpha value is -4.41. The summed E-state index contributed by atoms with van der Waals surface area (Å²) in [5, 5.41) is 11.9. The van der Waals surface area contributed by atoms with E-state index in [9.17, 15) is 9.59 Å². The number of thiazole rings is 1. The summed E-state index contributed by atoms with van der Waals surface area (Å²) in [5.41, 5.74) is 2.72. The van der Waals surface area contributed by atoms with Crippen LogP contribution in [-0.2, 0) is 4.79 Å². The first-order valence-corrected chi connectivity index (χ1v) is 15.2. The van der Waals surface area contributed by atoms with Gasteiger partial charge in [-0.1, -0.05) is 41.7 Å². The predicted octanol–water partition coefficient (Wildman–Crippen LogP) is 4.79. The van der Waals surface area contributed by atoms with Gasteiger partial charge >= 0.3 is 0 Å². The number of rotatable bonds is 9. The molecular formula is C32H27IN4O5S. The van der Waals surface area contributed by atoms with Crippen LogP contribution >= 0.6 is 33.9 Å². The number of hydrogen-bond donors (Lipinski definition) is 1. The van der Waals surface area contributed by atoms with Gasteiger partial charge in [0.15, 0.2) is 22.9 Å². The highest BCUT2D eigenvalue weighted by molar-refractivity contribution is 14.1. The van der Waals surface area contributed by atoms with E-state index in [1.807, 2.05) is 61.5 Å². The Bertz CT molecular complexity index is 1930. The van der Waals surface area contributed by atoms with Crippen LogP contribution in [0.25, 0.3) is 6.08 Å². The molecule has 0 saturated heterocycles. The number of carbonyl (C=O) groups is 1. The Morgan fingerprint density at radius 1 is 1.16 bits per heavy atom. The van der Waals surface area contributed by atoms with Crippen LogP contribution in [-0.4, -0.2) is 30.8 Å². The Morgan fingerprint density at radius 3 is 2.58 bits per heavy atom. The number of methoxy groups -OCH3 is 1. The molecular weight excluding hydrogens is 679 g/mol. The van der Waals surface area contributed by atoms with Crippen LogP contribution in [0.15, 0.2) is 87.8 Å². The molecule has 0 saturated carbocycles. The summed E-state index contributed by atoms with van der Waals surface area (Å²) in [6.07, 6.45) is 1.76. The highest BCUT2D eigenvalue weighted by atomic mass is 127. The summed E-state index contributed by atoms with van der Waals surface area (Å²) in [7, 11) is 1.52. The van der Waals surface area contributed by atoms with Crippen molar-refractivity contribution in [3.8, 4) is 23.3 Å². The molecule has 0 bridgehead atoms. The van der Waals surface area contributed by atoms with E-state index in [1.165, 1.54) is 18.4 Å². The fourth-order valence-electron chi connectivity index (χ4n) is 4.78. The van der Waals surface area contributed by atoms with Crippen LogP contribution in [0, 0.1) is 14.9 Å². The number of nitriles is 1.